The second-order valence-corrected chi connectivity index (χ2v) is 11.1. The molecule has 1 N–H and O–H groups in total. The largest absolute Gasteiger partial charge is 0.339 e. The van der Waals surface area contributed by atoms with Gasteiger partial charge in [-0.3, -0.25) is 14.6 Å². The Hall–Kier alpha value is -4.83. The number of hydrogen-bond donors (Lipinski definition) is 1. The maximum atomic E-state index is 13.1. The number of amides is 2. The number of fused-ring (bicyclic) bond motifs is 1. The maximum Gasteiger partial charge on any atom is 0.320 e. The molecular weight excluding hydrogens is 526 g/mol. The molecule has 1 fully saturated rings. The number of nitrogens with one attached hydrogen (secondary N) is 1. The molecule has 0 aliphatic carbocycles. The summed E-state index contributed by atoms with van der Waals surface area (Å²) < 4.78 is 1.97. The Morgan fingerprint density at radius 2 is 1.74 bits per heavy atom. The average molecular weight is 560 g/mol. The number of urea groups is 1. The number of nitrogens with zero attached hydrogens (tertiary/aromatic N) is 8. The van der Waals surface area contributed by atoms with Crippen LogP contribution in [0.4, 0.5) is 4.79 Å². The number of H-pyrrole nitrogens is 1. The van der Waals surface area contributed by atoms with Crippen LogP contribution in [0.3, 0.4) is 0 Å². The second kappa shape index (κ2) is 10.9. The number of piperazine rings is 1. The van der Waals surface area contributed by atoms with Crippen molar-refractivity contribution in [3.8, 4) is 34.0 Å². The molecule has 4 aromatic heterocycles. The number of rotatable bonds is 5. The summed E-state index contributed by atoms with van der Waals surface area (Å²) in [6, 6.07) is 20.4. The van der Waals surface area contributed by atoms with Gasteiger partial charge in [-0.05, 0) is 49.4 Å². The Kier molecular flexibility index (Phi) is 6.75. The predicted octanol–water partition coefficient (Wildman–Crippen LogP) is 4.44. The third-order valence-electron chi connectivity index (χ3n) is 7.99. The standard InChI is InChI=1S/C32H33N9O/c1-22-7-6-10-26(34-22)30-25(19-41(37-30)18-23-8-4-3-5-9-23)24-11-12-33-27(17-24)31-35-28-20-40(21-29(28)36-31)32(42)39-15-13-38(2)14-16-39/h3-12,17,19H,13-16,18,20-21H2,1-2H3,(H,35,36). The fraction of sp³-hybridized carbons (Fsp3) is 0.281. The first-order valence-electron chi connectivity index (χ1n) is 14.3. The summed E-state index contributed by atoms with van der Waals surface area (Å²) >= 11 is 0. The lowest BCUT2D eigenvalue weighted by molar-refractivity contribution is 0.121. The Balaban J connectivity index is 1.16. The van der Waals surface area contributed by atoms with Crippen molar-refractivity contribution in [3.05, 3.63) is 95.7 Å². The van der Waals surface area contributed by atoms with E-state index in [1.807, 2.05) is 76.1 Å². The minimum atomic E-state index is 0.0842. The van der Waals surface area contributed by atoms with Gasteiger partial charge in [0.2, 0.25) is 0 Å². The quantitative estimate of drug-likeness (QED) is 0.342. The van der Waals surface area contributed by atoms with Crippen molar-refractivity contribution in [2.24, 2.45) is 0 Å². The molecule has 10 heteroatoms. The van der Waals surface area contributed by atoms with E-state index in [1.165, 1.54) is 5.56 Å². The lowest BCUT2D eigenvalue weighted by atomic mass is 10.0. The molecule has 2 amide bonds. The van der Waals surface area contributed by atoms with Crippen molar-refractivity contribution >= 4 is 6.03 Å². The van der Waals surface area contributed by atoms with Crippen LogP contribution in [-0.2, 0) is 19.6 Å². The van der Waals surface area contributed by atoms with Gasteiger partial charge in [0.1, 0.15) is 11.4 Å². The topological polar surface area (TPSA) is 99.1 Å². The van der Waals surface area contributed by atoms with Gasteiger partial charge in [-0.2, -0.15) is 5.10 Å². The van der Waals surface area contributed by atoms with E-state index in [9.17, 15) is 4.79 Å². The molecule has 0 bridgehead atoms. The summed E-state index contributed by atoms with van der Waals surface area (Å²) in [6.07, 6.45) is 3.89. The van der Waals surface area contributed by atoms with Crippen molar-refractivity contribution < 1.29 is 4.79 Å². The fourth-order valence-electron chi connectivity index (χ4n) is 5.66. The lowest BCUT2D eigenvalue weighted by Crippen LogP contribution is -2.50. The van der Waals surface area contributed by atoms with Crippen molar-refractivity contribution in [2.45, 2.75) is 26.6 Å². The first-order valence-corrected chi connectivity index (χ1v) is 14.3. The van der Waals surface area contributed by atoms with E-state index in [1.54, 1.807) is 0 Å². The van der Waals surface area contributed by atoms with Crippen LogP contribution in [0.1, 0.15) is 22.6 Å². The molecule has 2 aliphatic rings. The molecule has 0 spiro atoms. The molecule has 0 radical (unpaired) electrons. The maximum absolute atomic E-state index is 13.1. The fourth-order valence-corrected chi connectivity index (χ4v) is 5.66. The minimum absolute atomic E-state index is 0.0842. The molecule has 0 unspecified atom stereocenters. The van der Waals surface area contributed by atoms with E-state index in [2.05, 4.69) is 40.2 Å². The summed E-state index contributed by atoms with van der Waals surface area (Å²) in [5, 5.41) is 4.97. The van der Waals surface area contributed by atoms with Crippen LogP contribution in [0.25, 0.3) is 34.0 Å². The molecule has 1 aromatic carbocycles. The number of hydrogen-bond acceptors (Lipinski definition) is 6. The first kappa shape index (κ1) is 26.1. The zero-order chi connectivity index (χ0) is 28.6. The SMILES string of the molecule is Cc1cccc(-c2nn(Cc3ccccc3)cc2-c2ccnc(-c3nc4c([nH]3)CN(C(=O)N3CCN(C)CC3)C4)c2)n1. The van der Waals surface area contributed by atoms with Gasteiger partial charge in [-0.25, -0.2) is 9.78 Å². The Morgan fingerprint density at radius 1 is 0.905 bits per heavy atom. The van der Waals surface area contributed by atoms with Crippen LogP contribution in [0.2, 0.25) is 0 Å². The zero-order valence-corrected chi connectivity index (χ0v) is 23.9. The number of imidazole rings is 1. The van der Waals surface area contributed by atoms with Crippen LogP contribution in [0.15, 0.2) is 73.1 Å². The zero-order valence-electron chi connectivity index (χ0n) is 23.9. The smallest absolute Gasteiger partial charge is 0.320 e. The molecular formula is C32H33N9O. The van der Waals surface area contributed by atoms with Crippen molar-refractivity contribution in [2.75, 3.05) is 33.2 Å². The van der Waals surface area contributed by atoms with Gasteiger partial charge in [0.25, 0.3) is 0 Å². The van der Waals surface area contributed by atoms with Crippen molar-refractivity contribution in [1.29, 1.82) is 0 Å². The van der Waals surface area contributed by atoms with Crippen LogP contribution in [0, 0.1) is 6.92 Å². The molecule has 42 heavy (non-hydrogen) atoms. The number of benzene rings is 1. The monoisotopic (exact) mass is 559 g/mol. The Labute approximate surface area is 244 Å². The molecule has 2 aliphatic heterocycles. The van der Waals surface area contributed by atoms with E-state index in [0.717, 1.165) is 71.5 Å². The van der Waals surface area contributed by atoms with E-state index in [-0.39, 0.29) is 6.03 Å². The number of likely N-dealkylation sites (N-methyl/N-ethyl adjacent to an activating group) is 1. The van der Waals surface area contributed by atoms with Gasteiger partial charge in [0.15, 0.2) is 5.82 Å². The molecule has 10 nitrogen and oxygen atoms in total. The Morgan fingerprint density at radius 3 is 2.52 bits per heavy atom. The summed E-state index contributed by atoms with van der Waals surface area (Å²) in [7, 11) is 2.09. The van der Waals surface area contributed by atoms with Crippen molar-refractivity contribution in [3.63, 3.8) is 0 Å². The summed E-state index contributed by atoms with van der Waals surface area (Å²) in [4.78, 5) is 36.9. The highest BCUT2D eigenvalue weighted by molar-refractivity contribution is 5.80. The van der Waals surface area contributed by atoms with Gasteiger partial charge in [0, 0.05) is 49.8 Å². The van der Waals surface area contributed by atoms with Gasteiger partial charge < -0.3 is 19.7 Å². The minimum Gasteiger partial charge on any atom is -0.339 e. The average Bonchev–Trinajstić information content (AvgIpc) is 3.72. The number of carbonyl (C=O) groups excluding carboxylic acids is 1. The number of aromatic nitrogens is 6. The molecule has 6 heterocycles. The number of carbonyl (C=O) groups is 1. The summed E-state index contributed by atoms with van der Waals surface area (Å²) in [6.45, 7) is 7.02. The molecule has 7 rings (SSSR count). The van der Waals surface area contributed by atoms with E-state index < -0.39 is 0 Å². The molecule has 1 saturated heterocycles. The van der Waals surface area contributed by atoms with Crippen LogP contribution in [0.5, 0.6) is 0 Å². The van der Waals surface area contributed by atoms with Crippen molar-refractivity contribution in [1.82, 2.24) is 44.4 Å². The number of aromatic amines is 1. The highest BCUT2D eigenvalue weighted by Crippen LogP contribution is 2.33. The van der Waals surface area contributed by atoms with Gasteiger partial charge >= 0.3 is 6.03 Å². The van der Waals surface area contributed by atoms with E-state index in [4.69, 9.17) is 15.1 Å². The van der Waals surface area contributed by atoms with Crippen LogP contribution < -0.4 is 0 Å². The second-order valence-electron chi connectivity index (χ2n) is 11.1. The van der Waals surface area contributed by atoms with Gasteiger partial charge in [0.05, 0.1) is 36.7 Å². The number of aryl methyl sites for hydroxylation is 1. The van der Waals surface area contributed by atoms with Gasteiger partial charge in [-0.1, -0.05) is 36.4 Å². The Bertz CT molecular complexity index is 1710. The predicted molar refractivity (Wildman–Crippen MR) is 160 cm³/mol. The third kappa shape index (κ3) is 5.16. The summed E-state index contributed by atoms with van der Waals surface area (Å²) in [5.41, 5.74) is 8.37. The van der Waals surface area contributed by atoms with E-state index >= 15 is 0 Å². The number of pyridine rings is 2. The molecule has 0 atom stereocenters. The third-order valence-corrected chi connectivity index (χ3v) is 7.99. The molecule has 212 valence electrons. The first-order chi connectivity index (χ1) is 20.5. The summed E-state index contributed by atoms with van der Waals surface area (Å²) in [5.74, 6) is 0.709. The molecule has 5 aromatic rings. The highest BCUT2D eigenvalue weighted by Gasteiger charge is 2.31. The highest BCUT2D eigenvalue weighted by atomic mass is 16.2. The normalized spacial score (nSPS) is 15.3. The lowest BCUT2D eigenvalue weighted by Gasteiger charge is -2.34. The molecule has 0 saturated carbocycles. The van der Waals surface area contributed by atoms with Gasteiger partial charge in [-0.15, -0.1) is 0 Å². The van der Waals surface area contributed by atoms with Crippen LogP contribution >= 0.6 is 0 Å². The van der Waals surface area contributed by atoms with Crippen LogP contribution in [-0.4, -0.2) is 83.7 Å². The van der Waals surface area contributed by atoms with E-state index in [0.29, 0.717) is 25.5 Å².